The van der Waals surface area contributed by atoms with Crippen molar-refractivity contribution in [3.63, 3.8) is 0 Å². The molecule has 1 fully saturated rings. The van der Waals surface area contributed by atoms with Crippen LogP contribution in [-0.2, 0) is 4.74 Å². The van der Waals surface area contributed by atoms with Gasteiger partial charge >= 0.3 is 0 Å². The minimum atomic E-state index is 0.584. The van der Waals surface area contributed by atoms with Gasteiger partial charge in [-0.3, -0.25) is 0 Å². The van der Waals surface area contributed by atoms with Crippen LogP contribution in [0.1, 0.15) is 6.42 Å². The summed E-state index contributed by atoms with van der Waals surface area (Å²) in [5.74, 6) is 1.54. The zero-order chi connectivity index (χ0) is 8.93. The summed E-state index contributed by atoms with van der Waals surface area (Å²) in [5.41, 5.74) is 0. The maximum absolute atomic E-state index is 5.61. The molecule has 1 saturated heterocycles. The highest BCUT2D eigenvalue weighted by Gasteiger charge is 2.15. The second-order valence-corrected chi connectivity index (χ2v) is 3.35. The Kier molecular flexibility index (Phi) is 2.82. The van der Waals surface area contributed by atoms with Crippen molar-refractivity contribution in [2.45, 2.75) is 6.42 Å². The van der Waals surface area contributed by atoms with Gasteiger partial charge in [-0.2, -0.15) is 0 Å². The van der Waals surface area contributed by atoms with E-state index in [0.717, 1.165) is 32.0 Å². The number of para-hydroxylation sites is 1. The summed E-state index contributed by atoms with van der Waals surface area (Å²) in [5, 5.41) is 0. The minimum absolute atomic E-state index is 0.584. The van der Waals surface area contributed by atoms with Gasteiger partial charge in [-0.05, 0) is 18.6 Å². The molecule has 0 amide bonds. The zero-order valence-electron chi connectivity index (χ0n) is 7.61. The molecule has 0 saturated carbocycles. The topological polar surface area (TPSA) is 18.5 Å². The van der Waals surface area contributed by atoms with E-state index in [0.29, 0.717) is 5.92 Å². The monoisotopic (exact) mass is 178 g/mol. The molecule has 0 aromatic heterocycles. The molecule has 0 N–H and O–H groups in total. The Morgan fingerprint density at radius 3 is 2.85 bits per heavy atom. The summed E-state index contributed by atoms with van der Waals surface area (Å²) in [7, 11) is 0. The quantitative estimate of drug-likeness (QED) is 0.705. The van der Waals surface area contributed by atoms with Crippen molar-refractivity contribution in [2.75, 3.05) is 19.8 Å². The molecule has 2 rings (SSSR count). The van der Waals surface area contributed by atoms with E-state index < -0.39 is 0 Å². The zero-order valence-corrected chi connectivity index (χ0v) is 7.61. The smallest absolute Gasteiger partial charge is 0.119 e. The van der Waals surface area contributed by atoms with Crippen molar-refractivity contribution in [1.82, 2.24) is 0 Å². The lowest BCUT2D eigenvalue weighted by molar-refractivity contribution is 0.167. The van der Waals surface area contributed by atoms with Gasteiger partial charge < -0.3 is 9.47 Å². The van der Waals surface area contributed by atoms with Crippen LogP contribution in [0.25, 0.3) is 0 Å². The first-order valence-electron chi connectivity index (χ1n) is 4.71. The van der Waals surface area contributed by atoms with Crippen molar-refractivity contribution < 1.29 is 9.47 Å². The van der Waals surface area contributed by atoms with Crippen molar-refractivity contribution >= 4 is 0 Å². The van der Waals surface area contributed by atoms with E-state index in [4.69, 9.17) is 9.47 Å². The standard InChI is InChI=1S/C11H14O2/c1-2-4-11(5-3-1)13-9-10-6-7-12-8-10/h1-5,10H,6-9H2. The summed E-state index contributed by atoms with van der Waals surface area (Å²) in [6.07, 6.45) is 1.13. The van der Waals surface area contributed by atoms with E-state index >= 15 is 0 Å². The van der Waals surface area contributed by atoms with Crippen molar-refractivity contribution in [3.05, 3.63) is 30.3 Å². The Morgan fingerprint density at radius 1 is 1.31 bits per heavy atom. The Bertz CT molecular complexity index is 240. The molecule has 0 aliphatic carbocycles. The van der Waals surface area contributed by atoms with Gasteiger partial charge in [-0.25, -0.2) is 0 Å². The molecule has 1 unspecified atom stereocenters. The lowest BCUT2D eigenvalue weighted by Crippen LogP contribution is -2.11. The van der Waals surface area contributed by atoms with Crippen LogP contribution in [0.15, 0.2) is 30.3 Å². The molecule has 1 aliphatic rings. The molecule has 1 aromatic carbocycles. The van der Waals surface area contributed by atoms with Crippen LogP contribution in [0, 0.1) is 5.92 Å². The lowest BCUT2D eigenvalue weighted by atomic mass is 10.1. The molecular weight excluding hydrogens is 164 g/mol. The number of rotatable bonds is 3. The van der Waals surface area contributed by atoms with Gasteiger partial charge in [0.15, 0.2) is 0 Å². The summed E-state index contributed by atoms with van der Waals surface area (Å²) >= 11 is 0. The number of ether oxygens (including phenoxy) is 2. The first-order valence-corrected chi connectivity index (χ1v) is 4.71. The Morgan fingerprint density at radius 2 is 2.15 bits per heavy atom. The van der Waals surface area contributed by atoms with E-state index in [2.05, 4.69) is 0 Å². The summed E-state index contributed by atoms with van der Waals surface area (Å²) < 4.78 is 10.9. The molecule has 1 aliphatic heterocycles. The molecule has 0 radical (unpaired) electrons. The average Bonchev–Trinajstić information content (AvgIpc) is 2.69. The third-order valence-electron chi connectivity index (χ3n) is 2.25. The van der Waals surface area contributed by atoms with Gasteiger partial charge in [0.2, 0.25) is 0 Å². The summed E-state index contributed by atoms with van der Waals surface area (Å²) in [6, 6.07) is 9.93. The molecule has 0 bridgehead atoms. The molecule has 1 aromatic rings. The highest BCUT2D eigenvalue weighted by molar-refractivity contribution is 5.20. The SMILES string of the molecule is c1ccc(OCC2CCOC2)cc1. The lowest BCUT2D eigenvalue weighted by Gasteiger charge is -2.09. The third-order valence-corrected chi connectivity index (χ3v) is 2.25. The van der Waals surface area contributed by atoms with Crippen molar-refractivity contribution in [1.29, 1.82) is 0 Å². The molecule has 70 valence electrons. The summed E-state index contributed by atoms with van der Waals surface area (Å²) in [6.45, 7) is 2.53. The van der Waals surface area contributed by atoms with Crippen LogP contribution in [0.2, 0.25) is 0 Å². The number of hydrogen-bond donors (Lipinski definition) is 0. The highest BCUT2D eigenvalue weighted by Crippen LogP contribution is 2.15. The van der Waals surface area contributed by atoms with E-state index in [9.17, 15) is 0 Å². The first-order chi connectivity index (χ1) is 6.45. The fourth-order valence-corrected chi connectivity index (χ4v) is 1.45. The van der Waals surface area contributed by atoms with E-state index in [-0.39, 0.29) is 0 Å². The van der Waals surface area contributed by atoms with Crippen LogP contribution >= 0.6 is 0 Å². The third kappa shape index (κ3) is 2.46. The second-order valence-electron chi connectivity index (χ2n) is 3.35. The van der Waals surface area contributed by atoms with Crippen molar-refractivity contribution in [3.8, 4) is 5.75 Å². The normalized spacial score (nSPS) is 21.7. The predicted octanol–water partition coefficient (Wildman–Crippen LogP) is 2.10. The van der Waals surface area contributed by atoms with E-state index in [1.807, 2.05) is 30.3 Å². The van der Waals surface area contributed by atoms with E-state index in [1.54, 1.807) is 0 Å². The Labute approximate surface area is 78.5 Å². The van der Waals surface area contributed by atoms with Crippen molar-refractivity contribution in [2.24, 2.45) is 5.92 Å². The van der Waals surface area contributed by atoms with E-state index in [1.165, 1.54) is 0 Å². The average molecular weight is 178 g/mol. The molecule has 2 nitrogen and oxygen atoms in total. The van der Waals surface area contributed by atoms with Gasteiger partial charge in [0, 0.05) is 12.5 Å². The Balaban J connectivity index is 1.79. The molecule has 1 heterocycles. The van der Waals surface area contributed by atoms with Gasteiger partial charge in [0.1, 0.15) is 5.75 Å². The van der Waals surface area contributed by atoms with Crippen LogP contribution in [0.3, 0.4) is 0 Å². The maximum atomic E-state index is 5.61. The molecule has 0 spiro atoms. The minimum Gasteiger partial charge on any atom is -0.493 e. The second kappa shape index (κ2) is 4.28. The molecule has 13 heavy (non-hydrogen) atoms. The van der Waals surface area contributed by atoms with Gasteiger partial charge in [-0.1, -0.05) is 18.2 Å². The van der Waals surface area contributed by atoms with Crippen LogP contribution < -0.4 is 4.74 Å². The van der Waals surface area contributed by atoms with Crippen LogP contribution in [-0.4, -0.2) is 19.8 Å². The largest absolute Gasteiger partial charge is 0.493 e. The Hall–Kier alpha value is -1.02. The van der Waals surface area contributed by atoms with Gasteiger partial charge in [-0.15, -0.1) is 0 Å². The number of hydrogen-bond acceptors (Lipinski definition) is 2. The fourth-order valence-electron chi connectivity index (χ4n) is 1.45. The van der Waals surface area contributed by atoms with Crippen LogP contribution in [0.5, 0.6) is 5.75 Å². The fraction of sp³-hybridized carbons (Fsp3) is 0.455. The number of benzene rings is 1. The van der Waals surface area contributed by atoms with Crippen LogP contribution in [0.4, 0.5) is 0 Å². The maximum Gasteiger partial charge on any atom is 0.119 e. The van der Waals surface area contributed by atoms with Gasteiger partial charge in [0.05, 0.1) is 13.2 Å². The highest BCUT2D eigenvalue weighted by atomic mass is 16.5. The first kappa shape index (κ1) is 8.57. The molecule has 2 heteroatoms. The molecule has 1 atom stereocenters. The summed E-state index contributed by atoms with van der Waals surface area (Å²) in [4.78, 5) is 0. The van der Waals surface area contributed by atoms with Gasteiger partial charge in [0.25, 0.3) is 0 Å². The predicted molar refractivity (Wildman–Crippen MR) is 50.9 cm³/mol. The molecular formula is C11H14O2.